The van der Waals surface area contributed by atoms with Crippen LogP contribution < -0.4 is 5.32 Å². The monoisotopic (exact) mass is 394 g/mol. The zero-order chi connectivity index (χ0) is 15.5. The van der Waals surface area contributed by atoms with E-state index in [1.54, 1.807) is 0 Å². The number of anilines is 1. The van der Waals surface area contributed by atoms with Gasteiger partial charge >= 0.3 is 0 Å². The third kappa shape index (κ3) is 3.50. The largest absolute Gasteiger partial charge is 0.369 e. The molecule has 1 unspecified atom stereocenters. The topological polar surface area (TPSA) is 45.1 Å². The van der Waals surface area contributed by atoms with Gasteiger partial charge in [-0.25, -0.2) is 4.98 Å². The van der Waals surface area contributed by atoms with Gasteiger partial charge in [-0.3, -0.25) is 0 Å². The lowest BCUT2D eigenvalue weighted by atomic mass is 10.2. The Kier molecular flexibility index (Phi) is 4.78. The summed E-state index contributed by atoms with van der Waals surface area (Å²) in [5.74, 6) is 0. The van der Waals surface area contributed by atoms with Crippen molar-refractivity contribution in [1.29, 1.82) is 0 Å². The van der Waals surface area contributed by atoms with E-state index < -0.39 is 6.23 Å². The van der Waals surface area contributed by atoms with Crippen LogP contribution in [0, 0.1) is 0 Å². The number of nitrogens with one attached hydrogen (secondary N) is 1. The molecule has 0 spiro atoms. The first-order valence-electron chi connectivity index (χ1n) is 6.54. The van der Waals surface area contributed by atoms with Crippen LogP contribution >= 0.6 is 38.9 Å². The minimum Gasteiger partial charge on any atom is -0.369 e. The minimum absolute atomic E-state index is 0.644. The van der Waals surface area contributed by atoms with E-state index >= 15 is 0 Å². The van der Waals surface area contributed by atoms with E-state index in [1.807, 2.05) is 53.9 Å². The van der Waals surface area contributed by atoms with Crippen LogP contribution in [0.25, 0.3) is 11.3 Å². The van der Waals surface area contributed by atoms with Gasteiger partial charge in [0.2, 0.25) is 0 Å². The summed E-state index contributed by atoms with van der Waals surface area (Å²) < 4.78 is 0.971. The summed E-state index contributed by atoms with van der Waals surface area (Å²) in [4.78, 5) is 4.48. The third-order valence-electron chi connectivity index (χ3n) is 3.10. The Labute approximate surface area is 145 Å². The highest BCUT2D eigenvalue weighted by Crippen LogP contribution is 2.31. The molecule has 0 fully saturated rings. The van der Waals surface area contributed by atoms with Crippen molar-refractivity contribution in [3.63, 3.8) is 0 Å². The van der Waals surface area contributed by atoms with Gasteiger partial charge in [-0.15, -0.1) is 11.3 Å². The third-order valence-corrected chi connectivity index (χ3v) is 4.73. The molecule has 1 heterocycles. The van der Waals surface area contributed by atoms with Gasteiger partial charge in [0.25, 0.3) is 0 Å². The average molecular weight is 396 g/mol. The van der Waals surface area contributed by atoms with Crippen LogP contribution in [-0.4, -0.2) is 10.1 Å². The fourth-order valence-electron chi connectivity index (χ4n) is 1.98. The maximum Gasteiger partial charge on any atom is 0.185 e. The number of benzene rings is 2. The summed E-state index contributed by atoms with van der Waals surface area (Å²) in [6.45, 7) is 0. The zero-order valence-electron chi connectivity index (χ0n) is 11.3. The minimum atomic E-state index is -0.807. The molecule has 3 nitrogen and oxygen atoms in total. The van der Waals surface area contributed by atoms with Crippen LogP contribution in [-0.2, 0) is 0 Å². The second-order valence-corrected chi connectivity index (χ2v) is 6.80. The fraction of sp³-hybridized carbons (Fsp3) is 0.0625. The molecule has 1 aromatic heterocycles. The highest BCUT2D eigenvalue weighted by atomic mass is 79.9. The van der Waals surface area contributed by atoms with Crippen LogP contribution in [0.3, 0.4) is 0 Å². The predicted molar refractivity (Wildman–Crippen MR) is 95.3 cm³/mol. The van der Waals surface area contributed by atoms with Crippen LogP contribution in [0.15, 0.2) is 58.4 Å². The van der Waals surface area contributed by atoms with Crippen molar-refractivity contribution in [2.24, 2.45) is 0 Å². The Balaban J connectivity index is 1.77. The first kappa shape index (κ1) is 15.5. The first-order chi connectivity index (χ1) is 10.6. The standard InChI is InChI=1S/C16H12BrClN2OS/c17-11-7-5-10(6-8-11)15(21)20-16-19-14(9-22-16)12-3-1-2-4-13(12)18/h1-9,15,21H,(H,19,20). The molecule has 1 atom stereocenters. The number of rotatable bonds is 4. The van der Waals surface area contributed by atoms with Gasteiger partial charge in [0, 0.05) is 26.0 Å². The summed E-state index contributed by atoms with van der Waals surface area (Å²) in [6.07, 6.45) is -0.807. The molecule has 0 bridgehead atoms. The normalized spacial score (nSPS) is 12.1. The van der Waals surface area contributed by atoms with Crippen LogP contribution in [0.1, 0.15) is 11.8 Å². The molecule has 0 aliphatic rings. The number of thiazole rings is 1. The van der Waals surface area contributed by atoms with Crippen molar-refractivity contribution in [1.82, 2.24) is 4.98 Å². The van der Waals surface area contributed by atoms with Crippen LogP contribution in [0.2, 0.25) is 5.02 Å². The van der Waals surface area contributed by atoms with Crippen molar-refractivity contribution in [2.75, 3.05) is 5.32 Å². The number of aromatic nitrogens is 1. The second-order valence-electron chi connectivity index (χ2n) is 4.62. The molecule has 2 N–H and O–H groups in total. The average Bonchev–Trinajstić information content (AvgIpc) is 2.96. The number of hydrogen-bond donors (Lipinski definition) is 2. The lowest BCUT2D eigenvalue weighted by molar-refractivity contribution is 0.208. The molecule has 0 radical (unpaired) electrons. The van der Waals surface area contributed by atoms with Crippen molar-refractivity contribution < 1.29 is 5.11 Å². The summed E-state index contributed by atoms with van der Waals surface area (Å²) in [6, 6.07) is 15.0. The summed E-state index contributed by atoms with van der Waals surface area (Å²) >= 11 is 11.0. The molecule has 112 valence electrons. The lowest BCUT2D eigenvalue weighted by Crippen LogP contribution is -2.09. The van der Waals surface area contributed by atoms with E-state index in [4.69, 9.17) is 11.6 Å². The molecule has 2 aromatic carbocycles. The molecule has 0 amide bonds. The second kappa shape index (κ2) is 6.79. The maximum atomic E-state index is 10.2. The number of halogens is 2. The predicted octanol–water partition coefficient (Wildman–Crippen LogP) is 5.33. The van der Waals surface area contributed by atoms with Gasteiger partial charge in [-0.05, 0) is 18.2 Å². The van der Waals surface area contributed by atoms with E-state index in [9.17, 15) is 5.11 Å². The van der Waals surface area contributed by atoms with Crippen molar-refractivity contribution in [2.45, 2.75) is 6.23 Å². The highest BCUT2D eigenvalue weighted by Gasteiger charge is 2.11. The molecule has 0 aliphatic heterocycles. The van der Waals surface area contributed by atoms with Gasteiger partial charge in [0.1, 0.15) is 0 Å². The molecule has 3 rings (SSSR count). The summed E-state index contributed by atoms with van der Waals surface area (Å²) in [5, 5.41) is 16.4. The molecule has 3 aromatic rings. The molecule has 6 heteroatoms. The van der Waals surface area contributed by atoms with Gasteiger partial charge in [0.05, 0.1) is 5.69 Å². The zero-order valence-corrected chi connectivity index (χ0v) is 14.5. The number of aliphatic hydroxyl groups excluding tert-OH is 1. The van der Waals surface area contributed by atoms with E-state index in [0.717, 1.165) is 21.3 Å². The number of nitrogens with zero attached hydrogens (tertiary/aromatic N) is 1. The number of aliphatic hydroxyl groups is 1. The van der Waals surface area contributed by atoms with Gasteiger partial charge in [-0.2, -0.15) is 0 Å². The Morgan fingerprint density at radius 1 is 1.14 bits per heavy atom. The van der Waals surface area contributed by atoms with E-state index in [2.05, 4.69) is 26.2 Å². The Morgan fingerprint density at radius 3 is 2.59 bits per heavy atom. The fourth-order valence-corrected chi connectivity index (χ4v) is 3.21. The molecule has 22 heavy (non-hydrogen) atoms. The Bertz CT molecular complexity index is 776. The number of hydrogen-bond acceptors (Lipinski definition) is 4. The molecule has 0 saturated heterocycles. The SMILES string of the molecule is OC(Nc1nc(-c2ccccc2Cl)cs1)c1ccc(Br)cc1. The van der Waals surface area contributed by atoms with E-state index in [1.165, 1.54) is 11.3 Å². The summed E-state index contributed by atoms with van der Waals surface area (Å²) in [7, 11) is 0. The maximum absolute atomic E-state index is 10.2. The Hall–Kier alpha value is -1.40. The van der Waals surface area contributed by atoms with Crippen molar-refractivity contribution in [3.8, 4) is 11.3 Å². The van der Waals surface area contributed by atoms with Crippen LogP contribution in [0.4, 0.5) is 5.13 Å². The van der Waals surface area contributed by atoms with Gasteiger partial charge in [0.15, 0.2) is 11.4 Å². The highest BCUT2D eigenvalue weighted by molar-refractivity contribution is 9.10. The van der Waals surface area contributed by atoms with Gasteiger partial charge in [-0.1, -0.05) is 57.9 Å². The summed E-state index contributed by atoms with van der Waals surface area (Å²) in [5.41, 5.74) is 2.45. The molecular weight excluding hydrogens is 384 g/mol. The Morgan fingerprint density at radius 2 is 1.86 bits per heavy atom. The van der Waals surface area contributed by atoms with Gasteiger partial charge < -0.3 is 10.4 Å². The van der Waals surface area contributed by atoms with E-state index in [0.29, 0.717) is 10.2 Å². The molecule has 0 saturated carbocycles. The molecule has 0 aliphatic carbocycles. The van der Waals surface area contributed by atoms with Crippen LogP contribution in [0.5, 0.6) is 0 Å². The van der Waals surface area contributed by atoms with E-state index in [-0.39, 0.29) is 0 Å². The van der Waals surface area contributed by atoms with Crippen molar-refractivity contribution in [3.05, 3.63) is 69.0 Å². The quantitative estimate of drug-likeness (QED) is 0.587. The smallest absolute Gasteiger partial charge is 0.185 e. The van der Waals surface area contributed by atoms with Crippen molar-refractivity contribution >= 4 is 44.0 Å². The lowest BCUT2D eigenvalue weighted by Gasteiger charge is -2.12. The molecular formula is C16H12BrClN2OS. The first-order valence-corrected chi connectivity index (χ1v) is 8.59.